The van der Waals surface area contributed by atoms with Crippen LogP contribution in [0, 0.1) is 11.8 Å². The molecule has 1 aliphatic carbocycles. The second kappa shape index (κ2) is 3.59. The molecule has 0 bridgehead atoms. The highest BCUT2D eigenvalue weighted by Crippen LogP contribution is 2.19. The van der Waals surface area contributed by atoms with E-state index in [0.29, 0.717) is 5.92 Å². The predicted octanol–water partition coefficient (Wildman–Crippen LogP) is 3.32. The molecular weight excluding hydrogens is 132 g/mol. The Labute approximate surface area is 69.3 Å². The van der Waals surface area contributed by atoms with Gasteiger partial charge in [0.25, 0.3) is 0 Å². The molecule has 0 N–H and O–H groups in total. The van der Waals surface area contributed by atoms with Gasteiger partial charge in [0.1, 0.15) is 0 Å². The lowest BCUT2D eigenvalue weighted by Gasteiger charge is -2.12. The summed E-state index contributed by atoms with van der Waals surface area (Å²) in [5, 5.41) is 0. The van der Waals surface area contributed by atoms with E-state index in [1.54, 1.807) is 0 Å². The fraction of sp³-hybridized carbons (Fsp3) is 0.545. The van der Waals surface area contributed by atoms with Gasteiger partial charge in [0, 0.05) is 0 Å². The molecule has 1 unspecified atom stereocenters. The molecule has 0 heterocycles. The lowest BCUT2D eigenvalue weighted by Crippen LogP contribution is -2.03. The fourth-order valence-electron chi connectivity index (χ4n) is 1.22. The van der Waals surface area contributed by atoms with Gasteiger partial charge in [-0.25, -0.2) is 0 Å². The van der Waals surface area contributed by atoms with Gasteiger partial charge in [-0.3, -0.25) is 0 Å². The summed E-state index contributed by atoms with van der Waals surface area (Å²) in [6.07, 6.45) is 7.72. The Morgan fingerprint density at radius 2 is 2.27 bits per heavy atom. The van der Waals surface area contributed by atoms with E-state index in [1.807, 2.05) is 0 Å². The Morgan fingerprint density at radius 3 is 2.91 bits per heavy atom. The minimum Gasteiger partial charge on any atom is -0.125 e. The Kier molecular flexibility index (Phi) is 2.73. The van der Waals surface area contributed by atoms with Gasteiger partial charge in [0.05, 0.1) is 0 Å². The Hall–Kier alpha value is -0.740. The van der Waals surface area contributed by atoms with Crippen molar-refractivity contribution in [2.75, 3.05) is 0 Å². The summed E-state index contributed by atoms with van der Waals surface area (Å²) < 4.78 is 0. The smallest absolute Gasteiger partial charge is 0.00996 e. The summed E-state index contributed by atoms with van der Waals surface area (Å²) in [5.41, 5.74) is 4.55. The molecule has 0 heteroatoms. The van der Waals surface area contributed by atoms with Crippen LogP contribution in [0.3, 0.4) is 0 Å². The van der Waals surface area contributed by atoms with Crippen molar-refractivity contribution in [1.29, 1.82) is 0 Å². The average molecular weight is 148 g/mol. The largest absolute Gasteiger partial charge is 0.125 e. The normalized spacial score (nSPS) is 23.6. The third kappa shape index (κ3) is 2.40. The van der Waals surface area contributed by atoms with Crippen LogP contribution in [-0.4, -0.2) is 0 Å². The van der Waals surface area contributed by atoms with E-state index in [-0.39, 0.29) is 0 Å². The van der Waals surface area contributed by atoms with Crippen LogP contribution in [0.1, 0.15) is 27.2 Å². The quantitative estimate of drug-likeness (QED) is 0.500. The summed E-state index contributed by atoms with van der Waals surface area (Å²) in [4.78, 5) is 0. The molecule has 0 aromatic rings. The topological polar surface area (TPSA) is 0 Å². The summed E-state index contributed by atoms with van der Waals surface area (Å²) >= 11 is 0. The van der Waals surface area contributed by atoms with Gasteiger partial charge in [0.15, 0.2) is 0 Å². The zero-order valence-electron chi connectivity index (χ0n) is 7.59. The molecule has 0 spiro atoms. The number of hydrogen-bond donors (Lipinski definition) is 0. The average Bonchev–Trinajstić information content (AvgIpc) is 2.13. The molecule has 11 heavy (non-hydrogen) atoms. The first-order valence-electron chi connectivity index (χ1n) is 4.29. The van der Waals surface area contributed by atoms with Crippen molar-refractivity contribution < 1.29 is 0 Å². The minimum atomic E-state index is 0.684. The van der Waals surface area contributed by atoms with E-state index < -0.39 is 0 Å². The zero-order chi connectivity index (χ0) is 8.27. The van der Waals surface area contributed by atoms with Crippen molar-refractivity contribution in [3.63, 3.8) is 0 Å². The lowest BCUT2D eigenvalue weighted by atomic mass is 9.93. The first kappa shape index (κ1) is 8.36. The van der Waals surface area contributed by atoms with E-state index in [0.717, 1.165) is 5.92 Å². The van der Waals surface area contributed by atoms with Crippen LogP contribution in [0.5, 0.6) is 0 Å². The Balaban J connectivity index is 2.72. The number of allylic oxidation sites excluding steroid dienone is 3. The molecule has 0 amide bonds. The monoisotopic (exact) mass is 148 g/mol. The van der Waals surface area contributed by atoms with Gasteiger partial charge in [-0.2, -0.15) is 0 Å². The van der Waals surface area contributed by atoms with E-state index >= 15 is 0 Å². The first-order chi connectivity index (χ1) is 5.20. The van der Waals surface area contributed by atoms with E-state index in [9.17, 15) is 0 Å². The molecule has 1 aliphatic rings. The van der Waals surface area contributed by atoms with Crippen LogP contribution in [0.15, 0.2) is 29.5 Å². The number of hydrogen-bond acceptors (Lipinski definition) is 0. The van der Waals surface area contributed by atoms with Gasteiger partial charge < -0.3 is 0 Å². The van der Waals surface area contributed by atoms with Gasteiger partial charge >= 0.3 is 0 Å². The van der Waals surface area contributed by atoms with Crippen LogP contribution in [0.2, 0.25) is 0 Å². The first-order valence-corrected chi connectivity index (χ1v) is 4.29. The SMILES string of the molecule is CC1=CCC(C(C)C)C=C=C1. The molecule has 1 rings (SSSR count). The molecule has 1 atom stereocenters. The van der Waals surface area contributed by atoms with Crippen molar-refractivity contribution >= 4 is 0 Å². The lowest BCUT2D eigenvalue weighted by molar-refractivity contribution is 0.471. The second-order valence-electron chi connectivity index (χ2n) is 3.57. The van der Waals surface area contributed by atoms with Crippen molar-refractivity contribution in [3.8, 4) is 0 Å². The molecule has 0 fully saturated rings. The standard InChI is InChI=1S/C11H16/c1-9(2)11-6-4-5-10(3)7-8-11/h5-7,9,11H,8H2,1-3H3. The molecule has 0 aliphatic heterocycles. The summed E-state index contributed by atoms with van der Waals surface area (Å²) in [5.74, 6) is 1.42. The highest BCUT2D eigenvalue weighted by atomic mass is 14.1. The highest BCUT2D eigenvalue weighted by Gasteiger charge is 2.08. The molecule has 0 nitrogen and oxygen atoms in total. The van der Waals surface area contributed by atoms with Gasteiger partial charge in [-0.15, -0.1) is 5.73 Å². The maximum absolute atomic E-state index is 3.21. The number of rotatable bonds is 1. The minimum absolute atomic E-state index is 0.684. The van der Waals surface area contributed by atoms with Crippen molar-refractivity contribution in [3.05, 3.63) is 29.5 Å². The maximum atomic E-state index is 3.21. The maximum Gasteiger partial charge on any atom is -0.00996 e. The molecule has 0 radical (unpaired) electrons. The molecule has 0 aromatic heterocycles. The zero-order valence-corrected chi connectivity index (χ0v) is 7.59. The molecular formula is C11H16. The third-order valence-electron chi connectivity index (χ3n) is 2.19. The van der Waals surface area contributed by atoms with Crippen LogP contribution < -0.4 is 0 Å². The van der Waals surface area contributed by atoms with Crippen molar-refractivity contribution in [2.24, 2.45) is 11.8 Å². The van der Waals surface area contributed by atoms with Crippen molar-refractivity contribution in [2.45, 2.75) is 27.2 Å². The highest BCUT2D eigenvalue weighted by molar-refractivity contribution is 5.19. The van der Waals surface area contributed by atoms with Gasteiger partial charge in [0.2, 0.25) is 0 Å². The third-order valence-corrected chi connectivity index (χ3v) is 2.19. The van der Waals surface area contributed by atoms with Gasteiger partial charge in [-0.05, 0) is 42.9 Å². The molecule has 0 saturated heterocycles. The van der Waals surface area contributed by atoms with Crippen LogP contribution >= 0.6 is 0 Å². The summed E-state index contributed by atoms with van der Waals surface area (Å²) in [7, 11) is 0. The molecule has 0 saturated carbocycles. The summed E-state index contributed by atoms with van der Waals surface area (Å²) in [6.45, 7) is 6.65. The summed E-state index contributed by atoms with van der Waals surface area (Å²) in [6, 6.07) is 0. The van der Waals surface area contributed by atoms with Gasteiger partial charge in [-0.1, -0.05) is 19.9 Å². The van der Waals surface area contributed by atoms with Crippen LogP contribution in [0.4, 0.5) is 0 Å². The van der Waals surface area contributed by atoms with E-state index in [4.69, 9.17) is 0 Å². The van der Waals surface area contributed by atoms with E-state index in [1.165, 1.54) is 12.0 Å². The fourth-order valence-corrected chi connectivity index (χ4v) is 1.22. The Bertz CT molecular complexity index is 212. The second-order valence-corrected chi connectivity index (χ2v) is 3.57. The predicted molar refractivity (Wildman–Crippen MR) is 49.4 cm³/mol. The molecule has 60 valence electrons. The van der Waals surface area contributed by atoms with E-state index in [2.05, 4.69) is 44.7 Å². The van der Waals surface area contributed by atoms with Crippen LogP contribution in [-0.2, 0) is 0 Å². The molecule has 0 aromatic carbocycles. The van der Waals surface area contributed by atoms with Crippen LogP contribution in [0.25, 0.3) is 0 Å². The van der Waals surface area contributed by atoms with Crippen molar-refractivity contribution in [1.82, 2.24) is 0 Å². The Morgan fingerprint density at radius 1 is 1.55 bits per heavy atom.